The number of nitrogens with zero attached hydrogens (tertiary/aromatic N) is 4. The van der Waals surface area contributed by atoms with Crippen molar-refractivity contribution < 1.29 is 0 Å². The molecular formula is C9H10BrN5. The maximum Gasteiger partial charge on any atom is 0.179 e. The van der Waals surface area contributed by atoms with Crippen LogP contribution >= 0.6 is 15.9 Å². The average Bonchev–Trinajstić information content (AvgIpc) is 2.83. The number of aromatic nitrogens is 4. The van der Waals surface area contributed by atoms with Gasteiger partial charge in [0, 0.05) is 6.20 Å². The molecule has 1 fully saturated rings. The van der Waals surface area contributed by atoms with Gasteiger partial charge in [-0.05, 0) is 35.3 Å². The monoisotopic (exact) mass is 267 g/mol. The van der Waals surface area contributed by atoms with Crippen molar-refractivity contribution in [3.63, 3.8) is 0 Å². The zero-order valence-corrected chi connectivity index (χ0v) is 9.61. The predicted octanol–water partition coefficient (Wildman–Crippen LogP) is 1.31. The minimum Gasteiger partial charge on any atom is -0.307 e. The molecule has 1 aliphatic heterocycles. The first kappa shape index (κ1) is 9.23. The minimum atomic E-state index is 0.328. The molecule has 3 heterocycles. The Morgan fingerprint density at radius 3 is 3.20 bits per heavy atom. The molecule has 0 amide bonds. The van der Waals surface area contributed by atoms with E-state index in [0.29, 0.717) is 6.04 Å². The molecule has 6 heteroatoms. The van der Waals surface area contributed by atoms with E-state index in [1.54, 1.807) is 6.20 Å². The van der Waals surface area contributed by atoms with Crippen molar-refractivity contribution in [1.29, 1.82) is 0 Å². The van der Waals surface area contributed by atoms with Gasteiger partial charge in [-0.15, -0.1) is 10.2 Å². The van der Waals surface area contributed by atoms with Gasteiger partial charge in [-0.1, -0.05) is 0 Å². The summed E-state index contributed by atoms with van der Waals surface area (Å²) in [7, 11) is 0. The largest absolute Gasteiger partial charge is 0.307 e. The van der Waals surface area contributed by atoms with Gasteiger partial charge in [-0.25, -0.2) is 4.98 Å². The van der Waals surface area contributed by atoms with Gasteiger partial charge in [0.1, 0.15) is 4.60 Å². The third-order valence-corrected chi connectivity index (χ3v) is 3.07. The molecule has 1 aliphatic rings. The molecule has 78 valence electrons. The fraction of sp³-hybridized carbons (Fsp3) is 0.444. The highest BCUT2D eigenvalue weighted by Gasteiger charge is 2.21. The molecule has 0 saturated carbocycles. The molecule has 0 radical (unpaired) electrons. The number of nitrogens with one attached hydrogen (secondary N) is 1. The van der Waals surface area contributed by atoms with Crippen LogP contribution in [0.4, 0.5) is 0 Å². The molecule has 2 aromatic heterocycles. The molecule has 3 rings (SSSR count). The number of hydrogen-bond acceptors (Lipinski definition) is 4. The van der Waals surface area contributed by atoms with E-state index in [1.807, 2.05) is 10.6 Å². The summed E-state index contributed by atoms with van der Waals surface area (Å²) in [5, 5.41) is 11.7. The van der Waals surface area contributed by atoms with Crippen LogP contribution in [0.2, 0.25) is 0 Å². The quantitative estimate of drug-likeness (QED) is 0.847. The first-order valence-electron chi connectivity index (χ1n) is 4.94. The molecule has 2 aromatic rings. The molecule has 1 unspecified atom stereocenters. The standard InChI is InChI=1S/C9H10BrN5/c10-7-5-15-8(4-12-7)13-14-9(15)6-2-1-3-11-6/h4-6,11H,1-3H2. The van der Waals surface area contributed by atoms with Gasteiger partial charge >= 0.3 is 0 Å². The molecule has 0 spiro atoms. The second-order valence-electron chi connectivity index (χ2n) is 3.65. The van der Waals surface area contributed by atoms with Crippen molar-refractivity contribution in [1.82, 2.24) is 24.9 Å². The molecule has 0 aromatic carbocycles. The van der Waals surface area contributed by atoms with Crippen molar-refractivity contribution in [2.45, 2.75) is 18.9 Å². The molecule has 1 atom stereocenters. The Balaban J connectivity index is 2.13. The Labute approximate surface area is 95.0 Å². The van der Waals surface area contributed by atoms with E-state index in [2.05, 4.69) is 36.4 Å². The van der Waals surface area contributed by atoms with Gasteiger partial charge in [-0.2, -0.15) is 0 Å². The van der Waals surface area contributed by atoms with Crippen LogP contribution in [0, 0.1) is 0 Å². The van der Waals surface area contributed by atoms with E-state index in [1.165, 1.54) is 6.42 Å². The van der Waals surface area contributed by atoms with E-state index < -0.39 is 0 Å². The lowest BCUT2D eigenvalue weighted by atomic mass is 10.2. The van der Waals surface area contributed by atoms with E-state index in [0.717, 1.165) is 29.0 Å². The van der Waals surface area contributed by atoms with Crippen molar-refractivity contribution in [2.75, 3.05) is 6.54 Å². The van der Waals surface area contributed by atoms with Gasteiger partial charge in [-0.3, -0.25) is 4.40 Å². The summed E-state index contributed by atoms with van der Waals surface area (Å²) in [5.41, 5.74) is 0.793. The number of rotatable bonds is 1. The van der Waals surface area contributed by atoms with Gasteiger partial charge in [0.05, 0.1) is 12.2 Å². The maximum atomic E-state index is 4.21. The van der Waals surface area contributed by atoms with Crippen LogP contribution in [0.25, 0.3) is 5.65 Å². The van der Waals surface area contributed by atoms with Crippen molar-refractivity contribution >= 4 is 21.6 Å². The molecular weight excluding hydrogens is 258 g/mol. The third-order valence-electron chi connectivity index (χ3n) is 2.66. The molecule has 15 heavy (non-hydrogen) atoms. The van der Waals surface area contributed by atoms with Crippen LogP contribution in [0.5, 0.6) is 0 Å². The summed E-state index contributed by atoms with van der Waals surface area (Å²) in [6.07, 6.45) is 5.95. The predicted molar refractivity (Wildman–Crippen MR) is 58.5 cm³/mol. The Hall–Kier alpha value is -1.01. The highest BCUT2D eigenvalue weighted by molar-refractivity contribution is 9.10. The number of hydrogen-bond donors (Lipinski definition) is 1. The smallest absolute Gasteiger partial charge is 0.179 e. The van der Waals surface area contributed by atoms with Crippen molar-refractivity contribution in [3.05, 3.63) is 22.8 Å². The molecule has 0 aliphatic carbocycles. The zero-order valence-electron chi connectivity index (χ0n) is 8.02. The van der Waals surface area contributed by atoms with Gasteiger partial charge in [0.15, 0.2) is 11.5 Å². The number of fused-ring (bicyclic) bond motifs is 1. The van der Waals surface area contributed by atoms with Crippen LogP contribution < -0.4 is 5.32 Å². The Morgan fingerprint density at radius 1 is 1.47 bits per heavy atom. The summed E-state index contributed by atoms with van der Waals surface area (Å²) in [5.74, 6) is 0.977. The number of halogens is 1. The maximum absolute atomic E-state index is 4.21. The van der Waals surface area contributed by atoms with E-state index in [9.17, 15) is 0 Å². The summed E-state index contributed by atoms with van der Waals surface area (Å²) in [6, 6.07) is 0.328. The van der Waals surface area contributed by atoms with Crippen molar-refractivity contribution in [3.8, 4) is 0 Å². The lowest BCUT2D eigenvalue weighted by Gasteiger charge is -2.07. The molecule has 0 bridgehead atoms. The first-order valence-corrected chi connectivity index (χ1v) is 5.73. The van der Waals surface area contributed by atoms with Crippen LogP contribution in [0.15, 0.2) is 17.0 Å². The minimum absolute atomic E-state index is 0.328. The zero-order chi connectivity index (χ0) is 10.3. The Morgan fingerprint density at radius 2 is 2.40 bits per heavy atom. The van der Waals surface area contributed by atoms with Gasteiger partial charge < -0.3 is 5.32 Å². The van der Waals surface area contributed by atoms with E-state index >= 15 is 0 Å². The fourth-order valence-corrected chi connectivity index (χ4v) is 2.25. The summed E-state index contributed by atoms with van der Waals surface area (Å²) >= 11 is 3.35. The normalized spacial score (nSPS) is 21.3. The SMILES string of the molecule is Brc1cn2c(C3CCCN3)nnc2cn1. The third kappa shape index (κ3) is 1.53. The highest BCUT2D eigenvalue weighted by Crippen LogP contribution is 2.22. The van der Waals surface area contributed by atoms with Gasteiger partial charge in [0.25, 0.3) is 0 Å². The first-order chi connectivity index (χ1) is 7.34. The second kappa shape index (κ2) is 3.53. The van der Waals surface area contributed by atoms with E-state index in [4.69, 9.17) is 0 Å². The topological polar surface area (TPSA) is 55.1 Å². The second-order valence-corrected chi connectivity index (χ2v) is 4.46. The lowest BCUT2D eigenvalue weighted by Crippen LogP contribution is -2.15. The average molecular weight is 268 g/mol. The summed E-state index contributed by atoms with van der Waals surface area (Å²) < 4.78 is 2.79. The van der Waals surface area contributed by atoms with Crippen LogP contribution in [-0.4, -0.2) is 26.1 Å². The summed E-state index contributed by atoms with van der Waals surface area (Å²) in [6.45, 7) is 1.06. The molecule has 1 saturated heterocycles. The lowest BCUT2D eigenvalue weighted by molar-refractivity contribution is 0.597. The molecule has 5 nitrogen and oxygen atoms in total. The Bertz CT molecular complexity index is 488. The molecule has 1 N–H and O–H groups in total. The Kier molecular flexibility index (Phi) is 2.17. The highest BCUT2D eigenvalue weighted by atomic mass is 79.9. The summed E-state index contributed by atoms with van der Waals surface area (Å²) in [4.78, 5) is 4.12. The van der Waals surface area contributed by atoms with Crippen LogP contribution in [-0.2, 0) is 0 Å². The van der Waals surface area contributed by atoms with Crippen molar-refractivity contribution in [2.24, 2.45) is 0 Å². The fourth-order valence-electron chi connectivity index (χ4n) is 1.94. The van der Waals surface area contributed by atoms with Crippen LogP contribution in [0.3, 0.4) is 0 Å². The van der Waals surface area contributed by atoms with Crippen LogP contribution in [0.1, 0.15) is 24.7 Å². The van der Waals surface area contributed by atoms with Gasteiger partial charge in [0.2, 0.25) is 0 Å². The van der Waals surface area contributed by atoms with E-state index in [-0.39, 0.29) is 0 Å².